The van der Waals surface area contributed by atoms with Crippen LogP contribution in [0.25, 0.3) is 0 Å². The zero-order valence-corrected chi connectivity index (χ0v) is 19.7. The predicted octanol–water partition coefficient (Wildman–Crippen LogP) is 3.81. The molecule has 4 rings (SSSR count). The van der Waals surface area contributed by atoms with Gasteiger partial charge in [0.15, 0.2) is 11.5 Å². The Balaban J connectivity index is 1.45. The second-order valence-electron chi connectivity index (χ2n) is 7.96. The molecule has 2 aromatic rings. The number of methoxy groups -OCH3 is 2. The number of rotatable bonds is 8. The number of benzene rings is 2. The lowest BCUT2D eigenvalue weighted by atomic mass is 10.1. The Morgan fingerprint density at radius 1 is 1.09 bits per heavy atom. The van der Waals surface area contributed by atoms with E-state index in [0.29, 0.717) is 30.3 Å². The van der Waals surface area contributed by atoms with Crippen molar-refractivity contribution in [2.75, 3.05) is 44.9 Å². The molecule has 0 aliphatic carbocycles. The quantitative estimate of drug-likeness (QED) is 0.634. The highest BCUT2D eigenvalue weighted by atomic mass is 32.2. The van der Waals surface area contributed by atoms with Crippen molar-refractivity contribution >= 4 is 34.3 Å². The van der Waals surface area contributed by atoms with Crippen LogP contribution in [-0.4, -0.2) is 66.4 Å². The molecule has 2 heterocycles. The van der Waals surface area contributed by atoms with Gasteiger partial charge in [-0.1, -0.05) is 23.9 Å². The standard InChI is InChI=1S/C24H28N4O4S/c1-31-21-9-8-18(13-22(21)32-2)20-16-33-24(30)28(26-20)14-17-6-5-7-19(12-17)25-23(29)15-27-10-3-4-11-27/h5-9,12-13H,3-4,10-11,14-16H2,1-2H3,(H,25,29). The first-order valence-electron chi connectivity index (χ1n) is 10.9. The third-order valence-electron chi connectivity index (χ3n) is 5.61. The SMILES string of the molecule is COc1ccc(C2=NN(Cc3cccc(NC(=O)CN4CCCC4)c3)C(=O)SC2)cc1OC. The molecule has 0 spiro atoms. The Morgan fingerprint density at radius 3 is 2.64 bits per heavy atom. The number of hydrogen-bond donors (Lipinski definition) is 1. The molecule has 33 heavy (non-hydrogen) atoms. The average Bonchev–Trinajstić information content (AvgIpc) is 3.33. The molecule has 8 nitrogen and oxygen atoms in total. The zero-order valence-electron chi connectivity index (χ0n) is 18.9. The van der Waals surface area contributed by atoms with Crippen molar-refractivity contribution in [2.45, 2.75) is 19.4 Å². The van der Waals surface area contributed by atoms with Gasteiger partial charge in [0.2, 0.25) is 5.91 Å². The fraction of sp³-hybridized carbons (Fsp3) is 0.375. The molecule has 0 saturated carbocycles. The number of anilines is 1. The van der Waals surface area contributed by atoms with Crippen LogP contribution >= 0.6 is 11.8 Å². The van der Waals surface area contributed by atoms with E-state index < -0.39 is 0 Å². The van der Waals surface area contributed by atoms with Crippen LogP contribution < -0.4 is 14.8 Å². The number of ether oxygens (including phenoxy) is 2. The average molecular weight is 469 g/mol. The van der Waals surface area contributed by atoms with E-state index >= 15 is 0 Å². The van der Waals surface area contributed by atoms with Crippen LogP contribution in [0.5, 0.6) is 11.5 Å². The van der Waals surface area contributed by atoms with Crippen molar-refractivity contribution in [2.24, 2.45) is 5.10 Å². The van der Waals surface area contributed by atoms with E-state index in [4.69, 9.17) is 9.47 Å². The molecule has 2 aromatic carbocycles. The van der Waals surface area contributed by atoms with Crippen LogP contribution in [-0.2, 0) is 11.3 Å². The normalized spacial score (nSPS) is 16.5. The molecule has 0 radical (unpaired) electrons. The molecule has 9 heteroatoms. The molecule has 2 aliphatic heterocycles. The fourth-order valence-corrected chi connectivity index (χ4v) is 4.68. The third-order valence-corrected chi connectivity index (χ3v) is 6.49. The molecule has 1 fully saturated rings. The van der Waals surface area contributed by atoms with Gasteiger partial charge in [0.25, 0.3) is 0 Å². The first-order chi connectivity index (χ1) is 16.1. The minimum atomic E-state index is -0.109. The maximum Gasteiger partial charge on any atom is 0.302 e. The predicted molar refractivity (Wildman–Crippen MR) is 130 cm³/mol. The molecule has 2 aliphatic rings. The maximum atomic E-state index is 12.5. The van der Waals surface area contributed by atoms with Gasteiger partial charge < -0.3 is 14.8 Å². The second-order valence-corrected chi connectivity index (χ2v) is 8.89. The molecular weight excluding hydrogens is 440 g/mol. The van der Waals surface area contributed by atoms with Crippen molar-refractivity contribution in [1.82, 2.24) is 9.91 Å². The Morgan fingerprint density at radius 2 is 1.88 bits per heavy atom. The Labute approximate surface area is 197 Å². The minimum absolute atomic E-state index is 0.0209. The number of nitrogens with zero attached hydrogens (tertiary/aromatic N) is 3. The summed E-state index contributed by atoms with van der Waals surface area (Å²) in [6.45, 7) is 2.67. The van der Waals surface area contributed by atoms with Crippen molar-refractivity contribution < 1.29 is 19.1 Å². The van der Waals surface area contributed by atoms with Gasteiger partial charge in [-0.15, -0.1) is 0 Å². The summed E-state index contributed by atoms with van der Waals surface area (Å²) in [6.07, 6.45) is 2.30. The van der Waals surface area contributed by atoms with Gasteiger partial charge in [-0.05, 0) is 61.8 Å². The zero-order chi connectivity index (χ0) is 23.2. The van der Waals surface area contributed by atoms with E-state index in [0.717, 1.165) is 48.5 Å². The minimum Gasteiger partial charge on any atom is -0.493 e. The molecule has 0 bridgehead atoms. The van der Waals surface area contributed by atoms with Crippen LogP contribution in [0.2, 0.25) is 0 Å². The molecule has 1 N–H and O–H groups in total. The lowest BCUT2D eigenvalue weighted by Gasteiger charge is -2.23. The van der Waals surface area contributed by atoms with Crippen LogP contribution in [0.3, 0.4) is 0 Å². The lowest BCUT2D eigenvalue weighted by molar-refractivity contribution is -0.117. The van der Waals surface area contributed by atoms with E-state index in [1.54, 1.807) is 14.2 Å². The summed E-state index contributed by atoms with van der Waals surface area (Å²) in [5.41, 5.74) is 3.27. The number of likely N-dealkylation sites (tertiary alicyclic amines) is 1. The molecule has 0 atom stereocenters. The number of carbonyl (C=O) groups excluding carboxylic acids is 2. The Hall–Kier alpha value is -3.04. The fourth-order valence-electron chi connectivity index (χ4n) is 3.94. The summed E-state index contributed by atoms with van der Waals surface area (Å²) in [7, 11) is 3.18. The largest absolute Gasteiger partial charge is 0.493 e. The topological polar surface area (TPSA) is 83.5 Å². The van der Waals surface area contributed by atoms with Gasteiger partial charge in [0.1, 0.15) is 0 Å². The van der Waals surface area contributed by atoms with Gasteiger partial charge in [-0.2, -0.15) is 5.10 Å². The molecule has 0 aromatic heterocycles. The van der Waals surface area contributed by atoms with E-state index in [1.807, 2.05) is 42.5 Å². The first kappa shape index (κ1) is 23.1. The summed E-state index contributed by atoms with van der Waals surface area (Å²) in [4.78, 5) is 27.0. The monoisotopic (exact) mass is 468 g/mol. The number of hydrogen-bond acceptors (Lipinski definition) is 7. The summed E-state index contributed by atoms with van der Waals surface area (Å²) < 4.78 is 10.7. The second kappa shape index (κ2) is 10.7. The van der Waals surface area contributed by atoms with Gasteiger partial charge >= 0.3 is 5.24 Å². The summed E-state index contributed by atoms with van der Waals surface area (Å²) in [5.74, 6) is 1.72. The number of hydrazone groups is 1. The maximum absolute atomic E-state index is 12.5. The Kier molecular flexibility index (Phi) is 7.51. The van der Waals surface area contributed by atoms with Crippen molar-refractivity contribution in [3.05, 3.63) is 53.6 Å². The molecular formula is C24H28N4O4S. The smallest absolute Gasteiger partial charge is 0.302 e. The number of amides is 2. The van der Waals surface area contributed by atoms with Crippen molar-refractivity contribution in [3.8, 4) is 11.5 Å². The molecule has 2 amide bonds. The summed E-state index contributed by atoms with van der Waals surface area (Å²) >= 11 is 1.21. The van der Waals surface area contributed by atoms with Gasteiger partial charge in [-0.3, -0.25) is 14.5 Å². The summed E-state index contributed by atoms with van der Waals surface area (Å²) in [5, 5.41) is 8.93. The molecule has 1 saturated heterocycles. The first-order valence-corrected chi connectivity index (χ1v) is 11.9. The number of carbonyl (C=O) groups is 2. The van der Waals surface area contributed by atoms with Crippen LogP contribution in [0, 0.1) is 0 Å². The highest BCUT2D eigenvalue weighted by molar-refractivity contribution is 8.14. The molecule has 0 unspecified atom stereocenters. The van der Waals surface area contributed by atoms with Gasteiger partial charge in [0, 0.05) is 17.0 Å². The van der Waals surface area contributed by atoms with E-state index in [-0.39, 0.29) is 11.1 Å². The number of nitrogens with one attached hydrogen (secondary N) is 1. The van der Waals surface area contributed by atoms with Crippen LogP contribution in [0.15, 0.2) is 47.6 Å². The van der Waals surface area contributed by atoms with Gasteiger partial charge in [-0.25, -0.2) is 5.01 Å². The highest BCUT2D eigenvalue weighted by Crippen LogP contribution is 2.30. The highest BCUT2D eigenvalue weighted by Gasteiger charge is 2.23. The van der Waals surface area contributed by atoms with E-state index in [9.17, 15) is 9.59 Å². The van der Waals surface area contributed by atoms with Crippen LogP contribution in [0.1, 0.15) is 24.0 Å². The van der Waals surface area contributed by atoms with Crippen LogP contribution in [0.4, 0.5) is 10.5 Å². The van der Waals surface area contributed by atoms with Crippen molar-refractivity contribution in [3.63, 3.8) is 0 Å². The Bertz CT molecular complexity index is 1050. The lowest BCUT2D eigenvalue weighted by Crippen LogP contribution is -2.31. The van der Waals surface area contributed by atoms with Gasteiger partial charge in [0.05, 0.1) is 33.0 Å². The van der Waals surface area contributed by atoms with Crippen molar-refractivity contribution in [1.29, 1.82) is 0 Å². The van der Waals surface area contributed by atoms with E-state index in [1.165, 1.54) is 16.8 Å². The van der Waals surface area contributed by atoms with E-state index in [2.05, 4.69) is 15.3 Å². The molecule has 174 valence electrons. The number of thioether (sulfide) groups is 1. The third kappa shape index (κ3) is 5.85. The summed E-state index contributed by atoms with van der Waals surface area (Å²) in [6, 6.07) is 13.1.